The second kappa shape index (κ2) is 7.60. The molecule has 0 spiro atoms. The van der Waals surface area contributed by atoms with E-state index in [4.69, 9.17) is 4.74 Å². The highest BCUT2D eigenvalue weighted by Gasteiger charge is 2.12. The van der Waals surface area contributed by atoms with Gasteiger partial charge in [-0.3, -0.25) is 9.69 Å². The SMILES string of the molecule is Cc1ccc(C)c(NC(=O)c2ccc(CN3CCOCC3)cc2)c1. The number of hydrogen-bond donors (Lipinski definition) is 1. The zero-order chi connectivity index (χ0) is 16.9. The quantitative estimate of drug-likeness (QED) is 0.937. The second-order valence-corrected chi connectivity index (χ2v) is 6.36. The Morgan fingerprint density at radius 3 is 2.50 bits per heavy atom. The third-order valence-electron chi connectivity index (χ3n) is 4.37. The van der Waals surface area contributed by atoms with E-state index in [1.54, 1.807) is 0 Å². The number of amides is 1. The van der Waals surface area contributed by atoms with Crippen molar-refractivity contribution in [1.29, 1.82) is 0 Å². The summed E-state index contributed by atoms with van der Waals surface area (Å²) in [5, 5.41) is 3.00. The first-order valence-corrected chi connectivity index (χ1v) is 8.39. The molecule has 1 heterocycles. The fourth-order valence-corrected chi connectivity index (χ4v) is 2.84. The molecule has 1 fully saturated rings. The third-order valence-corrected chi connectivity index (χ3v) is 4.37. The van der Waals surface area contributed by atoms with E-state index in [1.807, 2.05) is 56.3 Å². The Labute approximate surface area is 143 Å². The van der Waals surface area contributed by atoms with Crippen molar-refractivity contribution in [2.75, 3.05) is 31.6 Å². The minimum absolute atomic E-state index is 0.0679. The number of hydrogen-bond acceptors (Lipinski definition) is 3. The summed E-state index contributed by atoms with van der Waals surface area (Å²) in [6.45, 7) is 8.47. The zero-order valence-corrected chi connectivity index (χ0v) is 14.3. The standard InChI is InChI=1S/C20H24N2O2/c1-15-3-4-16(2)19(13-15)21-20(23)18-7-5-17(6-8-18)14-22-9-11-24-12-10-22/h3-8,13H,9-12,14H2,1-2H3,(H,21,23). The average molecular weight is 324 g/mol. The smallest absolute Gasteiger partial charge is 0.255 e. The van der Waals surface area contributed by atoms with E-state index in [0.717, 1.165) is 49.7 Å². The molecular weight excluding hydrogens is 300 g/mol. The van der Waals surface area contributed by atoms with Gasteiger partial charge in [-0.15, -0.1) is 0 Å². The van der Waals surface area contributed by atoms with Gasteiger partial charge in [0.15, 0.2) is 0 Å². The van der Waals surface area contributed by atoms with Crippen LogP contribution in [0.2, 0.25) is 0 Å². The van der Waals surface area contributed by atoms with Crippen molar-refractivity contribution in [3.05, 3.63) is 64.7 Å². The van der Waals surface area contributed by atoms with Gasteiger partial charge in [-0.25, -0.2) is 0 Å². The lowest BCUT2D eigenvalue weighted by Crippen LogP contribution is -2.35. The molecule has 1 aliphatic rings. The second-order valence-electron chi connectivity index (χ2n) is 6.36. The van der Waals surface area contributed by atoms with Crippen molar-refractivity contribution < 1.29 is 9.53 Å². The number of nitrogens with zero attached hydrogens (tertiary/aromatic N) is 1. The van der Waals surface area contributed by atoms with Crippen molar-refractivity contribution >= 4 is 11.6 Å². The summed E-state index contributed by atoms with van der Waals surface area (Å²) in [4.78, 5) is 14.8. The van der Waals surface area contributed by atoms with Gasteiger partial charge in [0.1, 0.15) is 0 Å². The maximum Gasteiger partial charge on any atom is 0.255 e. The molecule has 1 saturated heterocycles. The summed E-state index contributed by atoms with van der Waals surface area (Å²) < 4.78 is 5.37. The minimum atomic E-state index is -0.0679. The molecule has 0 aromatic heterocycles. The van der Waals surface area contributed by atoms with Gasteiger partial charge in [-0.05, 0) is 48.7 Å². The summed E-state index contributed by atoms with van der Waals surface area (Å²) in [7, 11) is 0. The third kappa shape index (κ3) is 4.22. The van der Waals surface area contributed by atoms with Crippen molar-refractivity contribution in [2.24, 2.45) is 0 Å². The molecule has 0 aliphatic carbocycles. The van der Waals surface area contributed by atoms with Crippen LogP contribution in [0.1, 0.15) is 27.0 Å². The first-order chi connectivity index (χ1) is 11.6. The van der Waals surface area contributed by atoms with Crippen LogP contribution in [0.25, 0.3) is 0 Å². The number of aryl methyl sites for hydroxylation is 2. The van der Waals surface area contributed by atoms with E-state index in [-0.39, 0.29) is 5.91 Å². The van der Waals surface area contributed by atoms with Gasteiger partial charge in [0.05, 0.1) is 13.2 Å². The number of carbonyl (C=O) groups is 1. The van der Waals surface area contributed by atoms with E-state index in [1.165, 1.54) is 5.56 Å². The molecule has 4 heteroatoms. The molecule has 1 aliphatic heterocycles. The van der Waals surface area contributed by atoms with Gasteiger partial charge >= 0.3 is 0 Å². The van der Waals surface area contributed by atoms with Crippen LogP contribution >= 0.6 is 0 Å². The lowest BCUT2D eigenvalue weighted by molar-refractivity contribution is 0.0342. The summed E-state index contributed by atoms with van der Waals surface area (Å²) >= 11 is 0. The Morgan fingerprint density at radius 2 is 1.79 bits per heavy atom. The predicted octanol–water partition coefficient (Wildman–Crippen LogP) is 3.39. The Bertz CT molecular complexity index is 704. The molecule has 0 unspecified atom stereocenters. The molecule has 1 N–H and O–H groups in total. The highest BCUT2D eigenvalue weighted by molar-refractivity contribution is 6.04. The van der Waals surface area contributed by atoms with Crippen LogP contribution in [0.3, 0.4) is 0 Å². The summed E-state index contributed by atoms with van der Waals surface area (Å²) in [5.74, 6) is -0.0679. The van der Waals surface area contributed by atoms with Crippen LogP contribution < -0.4 is 5.32 Å². The lowest BCUT2D eigenvalue weighted by atomic mass is 10.1. The maximum atomic E-state index is 12.4. The Balaban J connectivity index is 1.64. The van der Waals surface area contributed by atoms with Gasteiger partial charge in [0, 0.05) is 30.9 Å². The van der Waals surface area contributed by atoms with Crippen molar-refractivity contribution in [3.63, 3.8) is 0 Å². The van der Waals surface area contributed by atoms with Crippen LogP contribution in [0.5, 0.6) is 0 Å². The van der Waals surface area contributed by atoms with Crippen molar-refractivity contribution in [2.45, 2.75) is 20.4 Å². The Kier molecular flexibility index (Phi) is 5.28. The summed E-state index contributed by atoms with van der Waals surface area (Å²) in [6, 6.07) is 13.9. The normalized spacial score (nSPS) is 15.2. The molecule has 4 nitrogen and oxygen atoms in total. The molecule has 2 aromatic carbocycles. The topological polar surface area (TPSA) is 41.6 Å². The van der Waals surface area contributed by atoms with E-state index < -0.39 is 0 Å². The van der Waals surface area contributed by atoms with E-state index >= 15 is 0 Å². The molecule has 2 aromatic rings. The van der Waals surface area contributed by atoms with Crippen LogP contribution in [-0.4, -0.2) is 37.1 Å². The predicted molar refractivity (Wildman–Crippen MR) is 96.4 cm³/mol. The first-order valence-electron chi connectivity index (χ1n) is 8.39. The average Bonchev–Trinajstić information content (AvgIpc) is 2.60. The van der Waals surface area contributed by atoms with Crippen molar-refractivity contribution in [3.8, 4) is 0 Å². The number of anilines is 1. The molecule has 24 heavy (non-hydrogen) atoms. The fourth-order valence-electron chi connectivity index (χ4n) is 2.84. The molecule has 0 radical (unpaired) electrons. The van der Waals surface area contributed by atoms with Crippen LogP contribution in [0.15, 0.2) is 42.5 Å². The van der Waals surface area contributed by atoms with Gasteiger partial charge < -0.3 is 10.1 Å². The first kappa shape index (κ1) is 16.7. The van der Waals surface area contributed by atoms with Gasteiger partial charge in [-0.2, -0.15) is 0 Å². The molecular formula is C20H24N2O2. The summed E-state index contributed by atoms with van der Waals surface area (Å²) in [6.07, 6.45) is 0. The van der Waals surface area contributed by atoms with Crippen LogP contribution in [0.4, 0.5) is 5.69 Å². The van der Waals surface area contributed by atoms with Crippen LogP contribution in [0, 0.1) is 13.8 Å². The van der Waals surface area contributed by atoms with Gasteiger partial charge in [0.25, 0.3) is 5.91 Å². The Hall–Kier alpha value is -2.17. The van der Waals surface area contributed by atoms with Gasteiger partial charge in [0.2, 0.25) is 0 Å². The van der Waals surface area contributed by atoms with Crippen molar-refractivity contribution in [1.82, 2.24) is 4.90 Å². The molecule has 126 valence electrons. The maximum absolute atomic E-state index is 12.4. The molecule has 0 saturated carbocycles. The number of nitrogens with one attached hydrogen (secondary N) is 1. The number of rotatable bonds is 4. The summed E-state index contributed by atoms with van der Waals surface area (Å²) in [5.41, 5.74) is 4.98. The molecule has 1 amide bonds. The highest BCUT2D eigenvalue weighted by atomic mass is 16.5. The van der Waals surface area contributed by atoms with E-state index in [2.05, 4.69) is 10.2 Å². The molecule has 0 bridgehead atoms. The zero-order valence-electron chi connectivity index (χ0n) is 14.3. The monoisotopic (exact) mass is 324 g/mol. The minimum Gasteiger partial charge on any atom is -0.379 e. The highest BCUT2D eigenvalue weighted by Crippen LogP contribution is 2.18. The van der Waals surface area contributed by atoms with E-state index in [0.29, 0.717) is 5.56 Å². The fraction of sp³-hybridized carbons (Fsp3) is 0.350. The van der Waals surface area contributed by atoms with Gasteiger partial charge in [-0.1, -0.05) is 24.3 Å². The number of benzene rings is 2. The Morgan fingerprint density at radius 1 is 1.08 bits per heavy atom. The van der Waals surface area contributed by atoms with Crippen LogP contribution in [-0.2, 0) is 11.3 Å². The number of carbonyl (C=O) groups excluding carboxylic acids is 1. The lowest BCUT2D eigenvalue weighted by Gasteiger charge is -2.26. The number of ether oxygens (including phenoxy) is 1. The molecule has 0 atom stereocenters. The molecule has 3 rings (SSSR count). The largest absolute Gasteiger partial charge is 0.379 e. The number of morpholine rings is 1. The van der Waals surface area contributed by atoms with E-state index in [9.17, 15) is 4.79 Å².